The molecule has 0 radical (unpaired) electrons. The van der Waals surface area contributed by atoms with E-state index in [9.17, 15) is 9.59 Å². The topological polar surface area (TPSA) is 40.6 Å². The molecule has 158 valence electrons. The third kappa shape index (κ3) is 5.28. The molecule has 0 aromatic heterocycles. The number of rotatable bonds is 6. The zero-order chi connectivity index (χ0) is 22.1. The molecule has 1 fully saturated rings. The largest absolute Gasteiger partial charge is 0.272 e. The van der Waals surface area contributed by atoms with Crippen LogP contribution in [0.25, 0.3) is 6.08 Å². The molecule has 1 heterocycles. The van der Waals surface area contributed by atoms with Crippen LogP contribution in [-0.2, 0) is 9.59 Å². The molecule has 3 aromatic carbocycles. The maximum absolute atomic E-state index is 12.9. The third-order valence-electron chi connectivity index (χ3n) is 5.10. The van der Waals surface area contributed by atoms with E-state index in [0.717, 1.165) is 12.8 Å². The molecule has 0 saturated carbocycles. The first-order valence-corrected chi connectivity index (χ1v) is 10.6. The zero-order valence-corrected chi connectivity index (χ0v) is 17.9. The van der Waals surface area contributed by atoms with Crippen molar-refractivity contribution in [3.8, 4) is 0 Å². The predicted molar refractivity (Wildman–Crippen MR) is 127 cm³/mol. The lowest BCUT2D eigenvalue weighted by Gasteiger charge is -2.27. The van der Waals surface area contributed by atoms with Crippen molar-refractivity contribution >= 4 is 29.3 Å². The van der Waals surface area contributed by atoms with E-state index in [2.05, 4.69) is 13.5 Å². The molecular formula is C27H28N2O2. The van der Waals surface area contributed by atoms with Gasteiger partial charge in [-0.15, -0.1) is 0 Å². The quantitative estimate of drug-likeness (QED) is 0.458. The molecule has 2 amide bonds. The summed E-state index contributed by atoms with van der Waals surface area (Å²) in [5.74, 6) is -0.868. The van der Waals surface area contributed by atoms with Gasteiger partial charge in [0.25, 0.3) is 11.8 Å². The van der Waals surface area contributed by atoms with Gasteiger partial charge in [0.2, 0.25) is 0 Å². The Morgan fingerprint density at radius 1 is 0.742 bits per heavy atom. The molecule has 0 unspecified atom stereocenters. The monoisotopic (exact) mass is 412 g/mol. The second-order valence-corrected chi connectivity index (χ2v) is 7.28. The van der Waals surface area contributed by atoms with Crippen molar-refractivity contribution in [3.05, 3.63) is 103 Å². The highest BCUT2D eigenvalue weighted by molar-refractivity contribution is 6.22. The van der Waals surface area contributed by atoms with Crippen molar-refractivity contribution in [2.24, 2.45) is 5.92 Å². The van der Waals surface area contributed by atoms with Crippen LogP contribution < -0.4 is 10.0 Å². The van der Waals surface area contributed by atoms with E-state index in [4.69, 9.17) is 0 Å². The summed E-state index contributed by atoms with van der Waals surface area (Å²) in [6, 6.07) is 28.7. The normalized spacial score (nSPS) is 13.7. The number of hydrogen-bond acceptors (Lipinski definition) is 2. The molecule has 0 aliphatic carbocycles. The van der Waals surface area contributed by atoms with Crippen LogP contribution in [0.1, 0.15) is 31.7 Å². The number of amides is 2. The number of hydrogen-bond donors (Lipinski definition) is 0. The summed E-state index contributed by atoms with van der Waals surface area (Å²) >= 11 is 0. The first kappa shape index (κ1) is 22.0. The van der Waals surface area contributed by atoms with Crippen LogP contribution in [0.3, 0.4) is 0 Å². The third-order valence-corrected chi connectivity index (χ3v) is 5.10. The molecule has 4 nitrogen and oxygen atoms in total. The molecule has 4 heteroatoms. The number of nitrogens with zero attached hydrogens (tertiary/aromatic N) is 2. The minimum Gasteiger partial charge on any atom is -0.272 e. The van der Waals surface area contributed by atoms with Crippen molar-refractivity contribution in [3.63, 3.8) is 0 Å². The number of unbranched alkanes of at least 4 members (excludes halogenated alkanes) is 1. The predicted octanol–water partition coefficient (Wildman–Crippen LogP) is 6.12. The van der Waals surface area contributed by atoms with Crippen molar-refractivity contribution in [2.45, 2.75) is 26.2 Å². The summed E-state index contributed by atoms with van der Waals surface area (Å²) in [7, 11) is 0. The van der Waals surface area contributed by atoms with E-state index in [1.807, 2.05) is 97.1 Å². The summed E-state index contributed by atoms with van der Waals surface area (Å²) in [5.41, 5.74) is 2.61. The average molecular weight is 413 g/mol. The van der Waals surface area contributed by atoms with Crippen molar-refractivity contribution in [1.82, 2.24) is 0 Å². The Hall–Kier alpha value is -3.66. The Balaban J connectivity index is 0.000000287. The number of anilines is 2. The van der Waals surface area contributed by atoms with Gasteiger partial charge in [0.15, 0.2) is 0 Å². The molecule has 1 aliphatic heterocycles. The molecule has 0 bridgehead atoms. The van der Waals surface area contributed by atoms with Crippen LogP contribution in [0, 0.1) is 5.92 Å². The summed E-state index contributed by atoms with van der Waals surface area (Å²) < 4.78 is 0. The Kier molecular flexibility index (Phi) is 7.77. The van der Waals surface area contributed by atoms with Gasteiger partial charge in [-0.3, -0.25) is 9.59 Å². The maximum atomic E-state index is 12.9. The van der Waals surface area contributed by atoms with Gasteiger partial charge in [-0.05, 0) is 36.2 Å². The van der Waals surface area contributed by atoms with Crippen LogP contribution in [0.5, 0.6) is 0 Å². The Bertz CT molecular complexity index is 930. The lowest BCUT2D eigenvalue weighted by atomic mass is 10.0. The number of para-hydroxylation sites is 2. The van der Waals surface area contributed by atoms with E-state index < -0.39 is 5.92 Å². The van der Waals surface area contributed by atoms with Crippen LogP contribution >= 0.6 is 0 Å². The minimum absolute atomic E-state index is 0.140. The zero-order valence-electron chi connectivity index (χ0n) is 17.9. The molecule has 0 spiro atoms. The van der Waals surface area contributed by atoms with Crippen molar-refractivity contribution in [2.75, 3.05) is 10.0 Å². The fourth-order valence-corrected chi connectivity index (χ4v) is 3.47. The molecule has 1 aliphatic rings. The fraction of sp³-hybridized carbons (Fsp3) is 0.185. The van der Waals surface area contributed by atoms with Gasteiger partial charge < -0.3 is 0 Å². The standard InChI is InChI=1S/C19H20N2O2.C8H8/c1-2-3-14-17-18(22)20(15-10-6-4-7-11-15)21(19(17)23)16-12-8-5-9-13-16;1-2-8-6-4-3-5-7-8/h4-13,17H,2-3,14H2,1H3;2-7H,1H2. The van der Waals surface area contributed by atoms with Crippen LogP contribution in [0.4, 0.5) is 11.4 Å². The lowest BCUT2D eigenvalue weighted by Crippen LogP contribution is -2.41. The number of benzene rings is 3. The highest BCUT2D eigenvalue weighted by Gasteiger charge is 2.46. The molecule has 0 atom stereocenters. The summed E-state index contributed by atoms with van der Waals surface area (Å²) in [6.07, 6.45) is 4.27. The van der Waals surface area contributed by atoms with Gasteiger partial charge in [-0.1, -0.05) is 99.2 Å². The van der Waals surface area contributed by atoms with Gasteiger partial charge in [-0.2, -0.15) is 0 Å². The van der Waals surface area contributed by atoms with E-state index in [0.29, 0.717) is 17.8 Å². The second-order valence-electron chi connectivity index (χ2n) is 7.28. The summed E-state index contributed by atoms with van der Waals surface area (Å²) in [6.45, 7) is 5.69. The fourth-order valence-electron chi connectivity index (χ4n) is 3.47. The number of hydrazine groups is 1. The summed E-state index contributed by atoms with van der Waals surface area (Å²) in [5, 5.41) is 3.02. The SMILES string of the molecule is C=Cc1ccccc1.CCCCC1C(=O)N(c2ccccc2)N(c2ccccc2)C1=O. The Labute approximate surface area is 184 Å². The van der Waals surface area contributed by atoms with Crippen LogP contribution in [0.2, 0.25) is 0 Å². The molecule has 3 aromatic rings. The Morgan fingerprint density at radius 2 is 1.16 bits per heavy atom. The molecular weight excluding hydrogens is 384 g/mol. The average Bonchev–Trinajstić information content (AvgIpc) is 3.09. The van der Waals surface area contributed by atoms with E-state index in [-0.39, 0.29) is 11.8 Å². The van der Waals surface area contributed by atoms with Gasteiger partial charge >= 0.3 is 0 Å². The smallest absolute Gasteiger partial charge is 0.258 e. The van der Waals surface area contributed by atoms with E-state index >= 15 is 0 Å². The highest BCUT2D eigenvalue weighted by atomic mass is 16.2. The van der Waals surface area contributed by atoms with Crippen LogP contribution in [-0.4, -0.2) is 11.8 Å². The molecule has 0 N–H and O–H groups in total. The van der Waals surface area contributed by atoms with Crippen LogP contribution in [0.15, 0.2) is 97.6 Å². The number of carbonyl (C=O) groups excluding carboxylic acids is 2. The van der Waals surface area contributed by atoms with Crippen molar-refractivity contribution < 1.29 is 9.59 Å². The first-order valence-electron chi connectivity index (χ1n) is 10.6. The van der Waals surface area contributed by atoms with Gasteiger partial charge in [0, 0.05) is 0 Å². The number of carbonyl (C=O) groups is 2. The second kappa shape index (κ2) is 10.9. The Morgan fingerprint density at radius 3 is 1.52 bits per heavy atom. The molecule has 1 saturated heterocycles. The van der Waals surface area contributed by atoms with E-state index in [1.54, 1.807) is 0 Å². The van der Waals surface area contributed by atoms with Gasteiger partial charge in [0.1, 0.15) is 5.92 Å². The van der Waals surface area contributed by atoms with E-state index in [1.165, 1.54) is 15.6 Å². The van der Waals surface area contributed by atoms with Gasteiger partial charge in [0.05, 0.1) is 11.4 Å². The minimum atomic E-state index is -0.588. The lowest BCUT2D eigenvalue weighted by molar-refractivity contribution is -0.127. The van der Waals surface area contributed by atoms with Gasteiger partial charge in [-0.25, -0.2) is 10.0 Å². The first-order chi connectivity index (χ1) is 15.2. The molecule has 31 heavy (non-hydrogen) atoms. The highest BCUT2D eigenvalue weighted by Crippen LogP contribution is 2.33. The summed E-state index contributed by atoms with van der Waals surface area (Å²) in [4.78, 5) is 25.7. The maximum Gasteiger partial charge on any atom is 0.258 e. The van der Waals surface area contributed by atoms with Crippen molar-refractivity contribution in [1.29, 1.82) is 0 Å². The molecule has 4 rings (SSSR count).